The molecular weight excluding hydrogens is 326 g/mol. The molecule has 26 heavy (non-hydrogen) atoms. The summed E-state index contributed by atoms with van der Waals surface area (Å²) in [5.41, 5.74) is 5.39. The van der Waals surface area contributed by atoms with Crippen molar-refractivity contribution in [3.63, 3.8) is 0 Å². The third kappa shape index (κ3) is 3.11. The Balaban J connectivity index is 1.54. The molecule has 0 spiro atoms. The Labute approximate surface area is 153 Å². The van der Waals surface area contributed by atoms with E-state index in [0.29, 0.717) is 11.7 Å². The molecule has 6 nitrogen and oxygen atoms in total. The van der Waals surface area contributed by atoms with Gasteiger partial charge in [-0.15, -0.1) is 0 Å². The maximum absolute atomic E-state index is 5.55. The summed E-state index contributed by atoms with van der Waals surface area (Å²) in [6, 6.07) is 8.48. The van der Waals surface area contributed by atoms with Gasteiger partial charge in [0.15, 0.2) is 0 Å². The van der Waals surface area contributed by atoms with Crippen molar-refractivity contribution in [3.05, 3.63) is 47.1 Å². The lowest BCUT2D eigenvalue weighted by Gasteiger charge is -2.28. The molecule has 3 aromatic rings. The second kappa shape index (κ2) is 6.94. The van der Waals surface area contributed by atoms with Crippen molar-refractivity contribution in [3.8, 4) is 11.4 Å². The SMILES string of the molecule is Cc1n[nH]c(C)c1C(C)c1nc(-c2ccc(N3CCCCC3)cc2)no1. The molecule has 1 unspecified atom stereocenters. The Morgan fingerprint density at radius 3 is 2.46 bits per heavy atom. The normalized spacial score (nSPS) is 16.0. The molecule has 1 N–H and O–H groups in total. The highest BCUT2D eigenvalue weighted by Gasteiger charge is 2.22. The summed E-state index contributed by atoms with van der Waals surface area (Å²) in [5, 5.41) is 11.5. The van der Waals surface area contributed by atoms with Crippen LogP contribution in [0.3, 0.4) is 0 Å². The number of aromatic nitrogens is 4. The number of aromatic amines is 1. The third-order valence-corrected chi connectivity index (χ3v) is 5.28. The summed E-state index contributed by atoms with van der Waals surface area (Å²) in [5.74, 6) is 1.27. The van der Waals surface area contributed by atoms with Gasteiger partial charge in [-0.1, -0.05) is 5.16 Å². The number of nitrogens with one attached hydrogen (secondary N) is 1. The van der Waals surface area contributed by atoms with E-state index < -0.39 is 0 Å². The molecule has 0 aliphatic carbocycles. The van der Waals surface area contributed by atoms with Gasteiger partial charge in [0.05, 0.1) is 11.6 Å². The quantitative estimate of drug-likeness (QED) is 0.762. The summed E-state index contributed by atoms with van der Waals surface area (Å²) in [7, 11) is 0. The van der Waals surface area contributed by atoms with Gasteiger partial charge in [0.25, 0.3) is 0 Å². The maximum Gasteiger partial charge on any atom is 0.234 e. The number of piperidine rings is 1. The van der Waals surface area contributed by atoms with Crippen LogP contribution < -0.4 is 4.90 Å². The van der Waals surface area contributed by atoms with Crippen LogP contribution in [0.4, 0.5) is 5.69 Å². The van der Waals surface area contributed by atoms with Gasteiger partial charge in [0, 0.05) is 35.6 Å². The van der Waals surface area contributed by atoms with Crippen molar-refractivity contribution in [2.24, 2.45) is 0 Å². The molecule has 1 fully saturated rings. The minimum Gasteiger partial charge on any atom is -0.372 e. The predicted octanol–water partition coefficient (Wildman–Crippen LogP) is 4.22. The smallest absolute Gasteiger partial charge is 0.234 e. The number of rotatable bonds is 4. The predicted molar refractivity (Wildman–Crippen MR) is 101 cm³/mol. The van der Waals surface area contributed by atoms with E-state index >= 15 is 0 Å². The number of H-pyrrole nitrogens is 1. The van der Waals surface area contributed by atoms with Crippen molar-refractivity contribution in [2.75, 3.05) is 18.0 Å². The second-order valence-electron chi connectivity index (χ2n) is 7.12. The molecule has 0 amide bonds. The Hall–Kier alpha value is -2.63. The zero-order chi connectivity index (χ0) is 18.1. The molecule has 1 atom stereocenters. The first-order chi connectivity index (χ1) is 12.6. The summed E-state index contributed by atoms with van der Waals surface area (Å²) in [6.07, 6.45) is 3.90. The molecular formula is C20H25N5O. The highest BCUT2D eigenvalue weighted by molar-refractivity contribution is 5.60. The van der Waals surface area contributed by atoms with E-state index in [1.165, 1.54) is 24.9 Å². The molecule has 1 saturated heterocycles. The van der Waals surface area contributed by atoms with Gasteiger partial charge < -0.3 is 9.42 Å². The molecule has 1 aromatic carbocycles. The van der Waals surface area contributed by atoms with Gasteiger partial charge in [-0.3, -0.25) is 5.10 Å². The summed E-state index contributed by atoms with van der Waals surface area (Å²) in [4.78, 5) is 7.07. The van der Waals surface area contributed by atoms with Gasteiger partial charge in [0.2, 0.25) is 11.7 Å². The Morgan fingerprint density at radius 1 is 1.08 bits per heavy atom. The zero-order valence-corrected chi connectivity index (χ0v) is 15.6. The van der Waals surface area contributed by atoms with Crippen molar-refractivity contribution < 1.29 is 4.52 Å². The van der Waals surface area contributed by atoms with Crippen LogP contribution in [-0.2, 0) is 0 Å². The minimum atomic E-state index is 0.0163. The highest BCUT2D eigenvalue weighted by Crippen LogP contribution is 2.29. The molecule has 6 heteroatoms. The van der Waals surface area contributed by atoms with Crippen LogP contribution in [0, 0.1) is 13.8 Å². The minimum absolute atomic E-state index is 0.0163. The van der Waals surface area contributed by atoms with E-state index in [4.69, 9.17) is 4.52 Å². The standard InChI is InChI=1S/C20H25N5O/c1-13(18-14(2)22-23-15(18)3)20-21-19(24-26-20)16-7-9-17(10-8-16)25-11-5-4-6-12-25/h7-10,13H,4-6,11-12H2,1-3H3,(H,22,23). The largest absolute Gasteiger partial charge is 0.372 e. The number of aryl methyl sites for hydroxylation is 2. The van der Waals surface area contributed by atoms with Crippen LogP contribution in [0.5, 0.6) is 0 Å². The van der Waals surface area contributed by atoms with Gasteiger partial charge in [-0.2, -0.15) is 10.1 Å². The van der Waals surface area contributed by atoms with E-state index in [2.05, 4.69) is 56.4 Å². The highest BCUT2D eigenvalue weighted by atomic mass is 16.5. The molecule has 0 bridgehead atoms. The number of hydrogen-bond acceptors (Lipinski definition) is 5. The summed E-state index contributed by atoms with van der Waals surface area (Å²) in [6.45, 7) is 8.37. The molecule has 0 radical (unpaired) electrons. The topological polar surface area (TPSA) is 70.8 Å². The van der Waals surface area contributed by atoms with Gasteiger partial charge in [-0.25, -0.2) is 0 Å². The summed E-state index contributed by atoms with van der Waals surface area (Å²) >= 11 is 0. The van der Waals surface area contributed by atoms with E-state index in [1.54, 1.807) is 0 Å². The third-order valence-electron chi connectivity index (χ3n) is 5.28. The van der Waals surface area contributed by atoms with Crippen molar-refractivity contribution >= 4 is 5.69 Å². The van der Waals surface area contributed by atoms with Gasteiger partial charge in [-0.05, 0) is 64.3 Å². The molecule has 0 saturated carbocycles. The molecule has 1 aliphatic rings. The first-order valence-corrected chi connectivity index (χ1v) is 9.34. The van der Waals surface area contributed by atoms with E-state index in [-0.39, 0.29) is 5.92 Å². The van der Waals surface area contributed by atoms with E-state index in [9.17, 15) is 0 Å². The van der Waals surface area contributed by atoms with Crippen LogP contribution in [0.15, 0.2) is 28.8 Å². The van der Waals surface area contributed by atoms with E-state index in [0.717, 1.165) is 35.6 Å². The average molecular weight is 351 g/mol. The Bertz CT molecular complexity index is 855. The lowest BCUT2D eigenvalue weighted by molar-refractivity contribution is 0.370. The van der Waals surface area contributed by atoms with Crippen LogP contribution >= 0.6 is 0 Å². The Kier molecular flexibility index (Phi) is 4.49. The molecule has 136 valence electrons. The Morgan fingerprint density at radius 2 is 1.81 bits per heavy atom. The molecule has 3 heterocycles. The van der Waals surface area contributed by atoms with Crippen LogP contribution in [-0.4, -0.2) is 33.4 Å². The van der Waals surface area contributed by atoms with Gasteiger partial charge in [0.1, 0.15) is 0 Å². The molecule has 2 aromatic heterocycles. The van der Waals surface area contributed by atoms with Crippen LogP contribution in [0.25, 0.3) is 11.4 Å². The fourth-order valence-electron chi connectivity index (χ4n) is 3.82. The second-order valence-corrected chi connectivity index (χ2v) is 7.12. The van der Waals surface area contributed by atoms with Crippen molar-refractivity contribution in [1.29, 1.82) is 0 Å². The number of anilines is 1. The number of hydrogen-bond donors (Lipinski definition) is 1. The number of benzene rings is 1. The fraction of sp³-hybridized carbons (Fsp3) is 0.450. The van der Waals surface area contributed by atoms with E-state index in [1.807, 2.05) is 13.8 Å². The molecule has 1 aliphatic heterocycles. The monoisotopic (exact) mass is 351 g/mol. The van der Waals surface area contributed by atoms with Crippen LogP contribution in [0.1, 0.15) is 54.9 Å². The first-order valence-electron chi connectivity index (χ1n) is 9.34. The molecule has 4 rings (SSSR count). The number of nitrogens with zero attached hydrogens (tertiary/aromatic N) is 4. The van der Waals surface area contributed by atoms with Crippen molar-refractivity contribution in [1.82, 2.24) is 20.3 Å². The lowest BCUT2D eigenvalue weighted by atomic mass is 9.99. The maximum atomic E-state index is 5.55. The zero-order valence-electron chi connectivity index (χ0n) is 15.6. The summed E-state index contributed by atoms with van der Waals surface area (Å²) < 4.78 is 5.55. The van der Waals surface area contributed by atoms with Crippen molar-refractivity contribution in [2.45, 2.75) is 46.0 Å². The van der Waals surface area contributed by atoms with Crippen LogP contribution in [0.2, 0.25) is 0 Å². The fourth-order valence-corrected chi connectivity index (χ4v) is 3.82. The average Bonchev–Trinajstić information content (AvgIpc) is 3.29. The lowest BCUT2D eigenvalue weighted by Crippen LogP contribution is -2.29. The first kappa shape index (κ1) is 16.8. The van der Waals surface area contributed by atoms with Gasteiger partial charge >= 0.3 is 0 Å².